The van der Waals surface area contributed by atoms with Crippen molar-refractivity contribution in [1.29, 1.82) is 0 Å². The molecule has 1 amide bonds. The Morgan fingerprint density at radius 3 is 2.65 bits per heavy atom. The number of hydrogen-bond acceptors (Lipinski definition) is 4. The Bertz CT molecular complexity index is 879. The van der Waals surface area contributed by atoms with Gasteiger partial charge in [-0.3, -0.25) is 4.79 Å². The van der Waals surface area contributed by atoms with E-state index >= 15 is 0 Å². The molecule has 3 rings (SSSR count). The van der Waals surface area contributed by atoms with Crippen LogP contribution in [0.1, 0.15) is 34.5 Å². The van der Waals surface area contributed by atoms with Crippen LogP contribution in [0.2, 0.25) is 0 Å². The maximum Gasteiger partial charge on any atom is 0.251 e. The molecule has 1 heterocycles. The molecule has 0 aliphatic rings. The number of nitrogens with one attached hydrogen (secondary N) is 1. The fourth-order valence-corrected chi connectivity index (χ4v) is 2.58. The third kappa shape index (κ3) is 4.05. The third-order valence-electron chi connectivity index (χ3n) is 4.05. The van der Waals surface area contributed by atoms with E-state index in [0.29, 0.717) is 17.7 Å². The van der Waals surface area contributed by atoms with Gasteiger partial charge in [-0.25, -0.2) is 14.1 Å². The average Bonchev–Trinajstić information content (AvgIpc) is 3.15. The summed E-state index contributed by atoms with van der Waals surface area (Å²) >= 11 is 0. The van der Waals surface area contributed by atoms with Crippen molar-refractivity contribution in [2.45, 2.75) is 19.5 Å². The topological polar surface area (TPSA) is 69.0 Å². The Kier molecular flexibility index (Phi) is 5.26. The van der Waals surface area contributed by atoms with E-state index in [4.69, 9.17) is 4.74 Å². The molecule has 7 heteroatoms. The number of ether oxygens (including phenoxy) is 1. The second-order valence-electron chi connectivity index (χ2n) is 5.88. The Morgan fingerprint density at radius 1 is 1.27 bits per heavy atom. The van der Waals surface area contributed by atoms with Gasteiger partial charge in [0.15, 0.2) is 11.6 Å². The summed E-state index contributed by atoms with van der Waals surface area (Å²) in [6, 6.07) is 11.6. The van der Waals surface area contributed by atoms with Gasteiger partial charge in [-0.05, 0) is 42.3 Å². The fourth-order valence-electron chi connectivity index (χ4n) is 2.58. The van der Waals surface area contributed by atoms with Crippen LogP contribution in [0, 0.1) is 5.82 Å². The van der Waals surface area contributed by atoms with Crippen LogP contribution < -0.4 is 10.1 Å². The standard InChI is InChI=1S/C19H19FN4O2/c1-13(16-7-8-18(26-2)17(20)9-16)23-19(25)15-5-3-14(4-6-15)10-24-12-21-11-22-24/h3-9,11-13H,10H2,1-2H3,(H,23,25)/t13-/m0/s1. The maximum atomic E-state index is 13.8. The first-order valence-electron chi connectivity index (χ1n) is 8.12. The number of benzene rings is 2. The highest BCUT2D eigenvalue weighted by molar-refractivity contribution is 5.94. The highest BCUT2D eigenvalue weighted by Gasteiger charge is 2.13. The SMILES string of the molecule is COc1ccc([C@H](C)NC(=O)c2ccc(Cn3cncn3)cc2)cc1F. The Hall–Kier alpha value is -3.22. The van der Waals surface area contributed by atoms with Gasteiger partial charge in [0.05, 0.1) is 19.7 Å². The molecular weight excluding hydrogens is 335 g/mol. The molecule has 0 aliphatic carbocycles. The first-order chi connectivity index (χ1) is 12.6. The highest BCUT2D eigenvalue weighted by atomic mass is 19.1. The maximum absolute atomic E-state index is 13.8. The summed E-state index contributed by atoms with van der Waals surface area (Å²) in [5.74, 6) is -0.500. The number of carbonyl (C=O) groups is 1. The predicted octanol–water partition coefficient (Wildman–Crippen LogP) is 2.97. The van der Waals surface area contributed by atoms with Crippen LogP contribution in [0.5, 0.6) is 5.75 Å². The fraction of sp³-hybridized carbons (Fsp3) is 0.211. The van der Waals surface area contributed by atoms with Gasteiger partial charge in [0.1, 0.15) is 12.7 Å². The summed E-state index contributed by atoms with van der Waals surface area (Å²) in [5.41, 5.74) is 2.21. The van der Waals surface area contributed by atoms with E-state index in [2.05, 4.69) is 15.4 Å². The lowest BCUT2D eigenvalue weighted by atomic mass is 10.1. The first kappa shape index (κ1) is 17.6. The summed E-state index contributed by atoms with van der Waals surface area (Å²) in [7, 11) is 1.41. The quantitative estimate of drug-likeness (QED) is 0.739. The molecule has 2 aromatic carbocycles. The van der Waals surface area contributed by atoms with Crippen molar-refractivity contribution in [3.63, 3.8) is 0 Å². The summed E-state index contributed by atoms with van der Waals surface area (Å²) < 4.78 is 20.4. The van der Waals surface area contributed by atoms with Gasteiger partial charge >= 0.3 is 0 Å². The molecule has 0 bridgehead atoms. The third-order valence-corrected chi connectivity index (χ3v) is 4.05. The van der Waals surface area contributed by atoms with Crippen molar-refractivity contribution in [2.75, 3.05) is 7.11 Å². The smallest absolute Gasteiger partial charge is 0.251 e. The largest absolute Gasteiger partial charge is 0.494 e. The van der Waals surface area contributed by atoms with Crippen molar-refractivity contribution in [3.05, 3.63) is 77.6 Å². The van der Waals surface area contributed by atoms with Crippen molar-refractivity contribution < 1.29 is 13.9 Å². The molecular formula is C19H19FN4O2. The van der Waals surface area contributed by atoms with Gasteiger partial charge < -0.3 is 10.1 Å². The van der Waals surface area contributed by atoms with Crippen molar-refractivity contribution >= 4 is 5.91 Å². The molecule has 0 saturated carbocycles. The molecule has 1 atom stereocenters. The van der Waals surface area contributed by atoms with Crippen LogP contribution in [0.15, 0.2) is 55.1 Å². The minimum Gasteiger partial charge on any atom is -0.494 e. The summed E-state index contributed by atoms with van der Waals surface area (Å²) in [6.07, 6.45) is 3.11. The predicted molar refractivity (Wildman–Crippen MR) is 94.4 cm³/mol. The Labute approximate surface area is 150 Å². The lowest BCUT2D eigenvalue weighted by Crippen LogP contribution is -2.26. The minimum atomic E-state index is -0.455. The van der Waals surface area contributed by atoms with Gasteiger partial charge in [-0.2, -0.15) is 5.10 Å². The van der Waals surface area contributed by atoms with E-state index in [1.165, 1.54) is 19.5 Å². The van der Waals surface area contributed by atoms with Gasteiger partial charge in [-0.1, -0.05) is 18.2 Å². The van der Waals surface area contributed by atoms with Crippen LogP contribution in [-0.4, -0.2) is 27.8 Å². The minimum absolute atomic E-state index is 0.176. The van der Waals surface area contributed by atoms with Gasteiger partial charge in [0, 0.05) is 5.56 Å². The molecule has 1 N–H and O–H groups in total. The van der Waals surface area contributed by atoms with Crippen LogP contribution in [0.4, 0.5) is 4.39 Å². The zero-order valence-corrected chi connectivity index (χ0v) is 14.5. The number of methoxy groups -OCH3 is 1. The molecule has 0 aliphatic heterocycles. The summed E-state index contributed by atoms with van der Waals surface area (Å²) in [6.45, 7) is 2.39. The van der Waals surface area contributed by atoms with E-state index in [1.54, 1.807) is 42.2 Å². The Morgan fingerprint density at radius 2 is 2.04 bits per heavy atom. The number of rotatable bonds is 6. The van der Waals surface area contributed by atoms with Gasteiger partial charge in [-0.15, -0.1) is 0 Å². The number of carbonyl (C=O) groups excluding carboxylic acids is 1. The molecule has 134 valence electrons. The summed E-state index contributed by atoms with van der Waals surface area (Å²) in [4.78, 5) is 16.3. The van der Waals surface area contributed by atoms with Crippen LogP contribution in [-0.2, 0) is 6.54 Å². The molecule has 6 nitrogen and oxygen atoms in total. The zero-order chi connectivity index (χ0) is 18.5. The molecule has 1 aromatic heterocycles. The monoisotopic (exact) mass is 354 g/mol. The number of nitrogens with zero attached hydrogens (tertiary/aromatic N) is 3. The number of halogens is 1. The second-order valence-corrected chi connectivity index (χ2v) is 5.88. The van der Waals surface area contributed by atoms with Crippen LogP contribution >= 0.6 is 0 Å². The van der Waals surface area contributed by atoms with E-state index in [-0.39, 0.29) is 17.7 Å². The molecule has 26 heavy (non-hydrogen) atoms. The van der Waals surface area contributed by atoms with Crippen LogP contribution in [0.3, 0.4) is 0 Å². The number of hydrogen-bond donors (Lipinski definition) is 1. The Balaban J connectivity index is 1.64. The van der Waals surface area contributed by atoms with E-state index in [1.807, 2.05) is 12.1 Å². The number of amides is 1. The van der Waals surface area contributed by atoms with E-state index in [0.717, 1.165) is 5.56 Å². The van der Waals surface area contributed by atoms with Crippen LogP contribution in [0.25, 0.3) is 0 Å². The van der Waals surface area contributed by atoms with Gasteiger partial charge in [0.2, 0.25) is 0 Å². The van der Waals surface area contributed by atoms with Gasteiger partial charge in [0.25, 0.3) is 5.91 Å². The molecule has 0 spiro atoms. The molecule has 3 aromatic rings. The lowest BCUT2D eigenvalue weighted by Gasteiger charge is -2.15. The second kappa shape index (κ2) is 7.77. The van der Waals surface area contributed by atoms with E-state index < -0.39 is 5.82 Å². The first-order valence-corrected chi connectivity index (χ1v) is 8.12. The van der Waals surface area contributed by atoms with Crippen molar-refractivity contribution in [2.24, 2.45) is 0 Å². The molecule has 0 unspecified atom stereocenters. The average molecular weight is 354 g/mol. The highest BCUT2D eigenvalue weighted by Crippen LogP contribution is 2.22. The molecule has 0 saturated heterocycles. The molecule has 0 fully saturated rings. The normalized spacial score (nSPS) is 11.8. The van der Waals surface area contributed by atoms with Crippen molar-refractivity contribution in [1.82, 2.24) is 20.1 Å². The lowest BCUT2D eigenvalue weighted by molar-refractivity contribution is 0.0940. The number of aromatic nitrogens is 3. The molecule has 0 radical (unpaired) electrons. The van der Waals surface area contributed by atoms with Crippen molar-refractivity contribution in [3.8, 4) is 5.75 Å². The van der Waals surface area contributed by atoms with E-state index in [9.17, 15) is 9.18 Å². The zero-order valence-electron chi connectivity index (χ0n) is 14.5. The summed E-state index contributed by atoms with van der Waals surface area (Å²) in [5, 5.41) is 6.92.